The van der Waals surface area contributed by atoms with Crippen LogP contribution in [0.15, 0.2) is 0 Å². The monoisotopic (exact) mass is 144 g/mol. The highest BCUT2D eigenvalue weighted by Crippen LogP contribution is 2.20. The van der Waals surface area contributed by atoms with Crippen LogP contribution in [-0.4, -0.2) is 23.9 Å². The summed E-state index contributed by atoms with van der Waals surface area (Å²) in [5.74, 6) is 0. The molecule has 0 heterocycles. The molecule has 0 unspecified atom stereocenters. The second kappa shape index (κ2) is 3.94. The summed E-state index contributed by atoms with van der Waals surface area (Å²) in [6.07, 6.45) is 4.27. The van der Waals surface area contributed by atoms with Gasteiger partial charge < -0.3 is 9.84 Å². The van der Waals surface area contributed by atoms with Gasteiger partial charge in [-0.3, -0.25) is 0 Å². The maximum absolute atomic E-state index is 9.23. The third-order valence-corrected chi connectivity index (χ3v) is 2.00. The highest BCUT2D eigenvalue weighted by molar-refractivity contribution is 4.71. The lowest BCUT2D eigenvalue weighted by molar-refractivity contribution is -0.00912. The number of hydrogen-bond donors (Lipinski definition) is 1. The summed E-state index contributed by atoms with van der Waals surface area (Å²) in [4.78, 5) is 0. The lowest BCUT2D eigenvalue weighted by Gasteiger charge is -2.25. The Kier molecular flexibility index (Phi) is 3.16. The van der Waals surface area contributed by atoms with Crippen LogP contribution in [-0.2, 0) is 4.74 Å². The van der Waals surface area contributed by atoms with Crippen molar-refractivity contribution in [2.45, 2.75) is 44.8 Å². The first kappa shape index (κ1) is 8.02. The molecule has 0 bridgehead atoms. The fourth-order valence-corrected chi connectivity index (χ4v) is 1.51. The van der Waals surface area contributed by atoms with E-state index in [2.05, 4.69) is 0 Å². The first-order valence-corrected chi connectivity index (χ1v) is 4.12. The van der Waals surface area contributed by atoms with E-state index >= 15 is 0 Å². The van der Waals surface area contributed by atoms with E-state index < -0.39 is 0 Å². The number of ether oxygens (including phenoxy) is 1. The molecule has 0 radical (unpaired) electrons. The Labute approximate surface area is 62.2 Å². The van der Waals surface area contributed by atoms with Gasteiger partial charge in [-0.2, -0.15) is 0 Å². The summed E-state index contributed by atoms with van der Waals surface area (Å²) in [6, 6.07) is 0. The minimum Gasteiger partial charge on any atom is -0.393 e. The van der Waals surface area contributed by atoms with Gasteiger partial charge >= 0.3 is 0 Å². The SMILES string of the molecule is CCO[C@H]1CCC[C@@H](O)C1. The van der Waals surface area contributed by atoms with Crippen LogP contribution in [0.25, 0.3) is 0 Å². The van der Waals surface area contributed by atoms with Gasteiger partial charge in [-0.05, 0) is 32.6 Å². The van der Waals surface area contributed by atoms with Crippen LogP contribution < -0.4 is 0 Å². The first-order chi connectivity index (χ1) is 4.83. The lowest BCUT2D eigenvalue weighted by Crippen LogP contribution is -2.25. The van der Waals surface area contributed by atoms with Crippen LogP contribution in [0.3, 0.4) is 0 Å². The number of rotatable bonds is 2. The molecule has 0 spiro atoms. The van der Waals surface area contributed by atoms with Gasteiger partial charge in [0.25, 0.3) is 0 Å². The van der Waals surface area contributed by atoms with Gasteiger partial charge in [0.2, 0.25) is 0 Å². The molecule has 0 aromatic carbocycles. The summed E-state index contributed by atoms with van der Waals surface area (Å²) in [7, 11) is 0. The third-order valence-electron chi connectivity index (χ3n) is 2.00. The van der Waals surface area contributed by atoms with Gasteiger partial charge in [-0.15, -0.1) is 0 Å². The van der Waals surface area contributed by atoms with Crippen molar-refractivity contribution in [3.05, 3.63) is 0 Å². The standard InChI is InChI=1S/C8H16O2/c1-2-10-8-5-3-4-7(9)6-8/h7-9H,2-6H2,1H3/t7-,8+/m1/s1. The van der Waals surface area contributed by atoms with Crippen LogP contribution in [0.2, 0.25) is 0 Å². The first-order valence-electron chi connectivity index (χ1n) is 4.12. The van der Waals surface area contributed by atoms with Crippen LogP contribution in [0.1, 0.15) is 32.6 Å². The highest BCUT2D eigenvalue weighted by Gasteiger charge is 2.19. The Hall–Kier alpha value is -0.0800. The van der Waals surface area contributed by atoms with E-state index in [0.717, 1.165) is 32.3 Å². The predicted molar refractivity (Wildman–Crippen MR) is 39.9 cm³/mol. The van der Waals surface area contributed by atoms with Crippen LogP contribution in [0, 0.1) is 0 Å². The molecule has 2 atom stereocenters. The van der Waals surface area contributed by atoms with Gasteiger partial charge in [0, 0.05) is 6.61 Å². The summed E-state index contributed by atoms with van der Waals surface area (Å²) >= 11 is 0. The molecule has 0 aromatic rings. The molecule has 0 amide bonds. The van der Waals surface area contributed by atoms with Gasteiger partial charge in [0.15, 0.2) is 0 Å². The fraction of sp³-hybridized carbons (Fsp3) is 1.00. The van der Waals surface area contributed by atoms with E-state index in [9.17, 15) is 5.11 Å². The molecule has 1 rings (SSSR count). The Morgan fingerprint density at radius 1 is 1.50 bits per heavy atom. The average molecular weight is 144 g/mol. The zero-order valence-electron chi connectivity index (χ0n) is 6.55. The highest BCUT2D eigenvalue weighted by atomic mass is 16.5. The smallest absolute Gasteiger partial charge is 0.0599 e. The fourth-order valence-electron chi connectivity index (χ4n) is 1.51. The summed E-state index contributed by atoms with van der Waals surface area (Å²) in [5.41, 5.74) is 0. The van der Waals surface area contributed by atoms with Crippen LogP contribution >= 0.6 is 0 Å². The van der Waals surface area contributed by atoms with E-state index in [1.807, 2.05) is 6.92 Å². The van der Waals surface area contributed by atoms with Crippen molar-refractivity contribution in [3.8, 4) is 0 Å². The summed E-state index contributed by atoms with van der Waals surface area (Å²) in [6.45, 7) is 2.78. The Morgan fingerprint density at radius 2 is 2.30 bits per heavy atom. The average Bonchev–Trinajstić information content (AvgIpc) is 1.88. The molecule has 10 heavy (non-hydrogen) atoms. The van der Waals surface area contributed by atoms with E-state index in [0.29, 0.717) is 6.10 Å². The number of hydrogen-bond acceptors (Lipinski definition) is 2. The molecule has 0 aliphatic heterocycles. The number of aliphatic hydroxyl groups excluding tert-OH is 1. The molecule has 1 fully saturated rings. The largest absolute Gasteiger partial charge is 0.393 e. The van der Waals surface area contributed by atoms with Crippen molar-refractivity contribution in [2.75, 3.05) is 6.61 Å². The molecule has 2 heteroatoms. The molecular weight excluding hydrogens is 128 g/mol. The second-order valence-electron chi connectivity index (χ2n) is 2.90. The quantitative estimate of drug-likeness (QED) is 0.633. The van der Waals surface area contributed by atoms with Crippen molar-refractivity contribution in [2.24, 2.45) is 0 Å². The Balaban J connectivity index is 2.18. The maximum Gasteiger partial charge on any atom is 0.0599 e. The normalized spacial score (nSPS) is 34.2. The molecule has 1 aliphatic rings. The predicted octanol–water partition coefficient (Wildman–Crippen LogP) is 1.33. The van der Waals surface area contributed by atoms with Crippen molar-refractivity contribution >= 4 is 0 Å². The molecule has 0 aromatic heterocycles. The minimum atomic E-state index is -0.106. The van der Waals surface area contributed by atoms with E-state index in [-0.39, 0.29) is 6.10 Å². The molecule has 2 nitrogen and oxygen atoms in total. The molecule has 60 valence electrons. The zero-order chi connectivity index (χ0) is 7.40. The van der Waals surface area contributed by atoms with Crippen molar-refractivity contribution < 1.29 is 9.84 Å². The van der Waals surface area contributed by atoms with Gasteiger partial charge in [0.1, 0.15) is 0 Å². The second-order valence-corrected chi connectivity index (χ2v) is 2.90. The van der Waals surface area contributed by atoms with Crippen molar-refractivity contribution in [1.29, 1.82) is 0 Å². The Morgan fingerprint density at radius 3 is 2.90 bits per heavy atom. The molecule has 1 saturated carbocycles. The molecule has 1 N–H and O–H groups in total. The lowest BCUT2D eigenvalue weighted by atomic mass is 9.95. The van der Waals surface area contributed by atoms with Crippen molar-refractivity contribution in [3.63, 3.8) is 0 Å². The Bertz CT molecular complexity index is 91.3. The van der Waals surface area contributed by atoms with E-state index in [1.165, 1.54) is 0 Å². The van der Waals surface area contributed by atoms with Gasteiger partial charge in [-0.1, -0.05) is 0 Å². The van der Waals surface area contributed by atoms with Crippen LogP contribution in [0.5, 0.6) is 0 Å². The van der Waals surface area contributed by atoms with Crippen LogP contribution in [0.4, 0.5) is 0 Å². The topological polar surface area (TPSA) is 29.5 Å². The summed E-state index contributed by atoms with van der Waals surface area (Å²) < 4.78 is 5.39. The molecule has 1 aliphatic carbocycles. The van der Waals surface area contributed by atoms with Gasteiger partial charge in [0.05, 0.1) is 12.2 Å². The minimum absolute atomic E-state index is 0.106. The van der Waals surface area contributed by atoms with E-state index in [1.54, 1.807) is 0 Å². The zero-order valence-corrected chi connectivity index (χ0v) is 6.55. The molecular formula is C8H16O2. The van der Waals surface area contributed by atoms with Crippen molar-refractivity contribution in [1.82, 2.24) is 0 Å². The van der Waals surface area contributed by atoms with E-state index in [4.69, 9.17) is 4.74 Å². The third kappa shape index (κ3) is 2.27. The molecule has 0 saturated heterocycles. The maximum atomic E-state index is 9.23. The van der Waals surface area contributed by atoms with Gasteiger partial charge in [-0.25, -0.2) is 0 Å². The number of aliphatic hydroxyl groups is 1. The summed E-state index contributed by atoms with van der Waals surface area (Å²) in [5, 5.41) is 9.23.